The monoisotopic (exact) mass is 349 g/mol. The lowest BCUT2D eigenvalue weighted by Crippen LogP contribution is -2.09. The first kappa shape index (κ1) is 17.3. The van der Waals surface area contributed by atoms with E-state index in [9.17, 15) is 8.42 Å². The molecule has 0 fully saturated rings. The maximum Gasteiger partial charge on any atom is 0.271 e. The van der Waals surface area contributed by atoms with E-state index in [0.717, 1.165) is 0 Å². The quantitative estimate of drug-likeness (QED) is 0.428. The third kappa shape index (κ3) is 5.26. The minimum atomic E-state index is -3.63. The Labute approximate surface area is 140 Å². The van der Waals surface area contributed by atoms with E-state index in [1.54, 1.807) is 55.5 Å². The Morgan fingerprint density at radius 1 is 1.13 bits per heavy atom. The van der Waals surface area contributed by atoms with E-state index in [-0.39, 0.29) is 12.4 Å². The van der Waals surface area contributed by atoms with Crippen LogP contribution < -0.4 is 4.74 Å². The molecule has 120 valence electrons. The molecule has 2 aromatic carbocycles. The average Bonchev–Trinajstić information content (AvgIpc) is 2.51. The summed E-state index contributed by atoms with van der Waals surface area (Å²) in [4.78, 5) is 3.85. The second-order valence-electron chi connectivity index (χ2n) is 4.52. The van der Waals surface area contributed by atoms with Crippen LogP contribution in [0.1, 0.15) is 12.5 Å². The summed E-state index contributed by atoms with van der Waals surface area (Å²) >= 11 is 4.54. The van der Waals surface area contributed by atoms with Crippen LogP contribution in [0.3, 0.4) is 0 Å². The first-order valence-corrected chi connectivity index (χ1v) is 8.83. The molecule has 0 atom stereocenters. The van der Waals surface area contributed by atoms with Gasteiger partial charge in [0.15, 0.2) is 0 Å². The van der Waals surface area contributed by atoms with Gasteiger partial charge in [-0.25, -0.2) is 0 Å². The SMILES string of the molecule is CCOS(=O)(=O)Cc1ccccc1Oc1ccc(N=C=S)cc1. The average molecular weight is 349 g/mol. The van der Waals surface area contributed by atoms with Crippen molar-refractivity contribution in [2.24, 2.45) is 4.99 Å². The highest BCUT2D eigenvalue weighted by atomic mass is 32.2. The molecule has 0 saturated carbocycles. The Morgan fingerprint density at radius 2 is 1.83 bits per heavy atom. The normalized spacial score (nSPS) is 10.8. The predicted octanol–water partition coefficient (Wildman–Crippen LogP) is 4.08. The molecule has 0 aromatic heterocycles. The number of benzene rings is 2. The van der Waals surface area contributed by atoms with E-state index in [0.29, 0.717) is 22.7 Å². The van der Waals surface area contributed by atoms with Crippen molar-refractivity contribution in [3.63, 3.8) is 0 Å². The Morgan fingerprint density at radius 3 is 2.48 bits per heavy atom. The van der Waals surface area contributed by atoms with Crippen LogP contribution in [0.5, 0.6) is 11.5 Å². The first-order valence-electron chi connectivity index (χ1n) is 6.85. The van der Waals surface area contributed by atoms with Gasteiger partial charge in [-0.1, -0.05) is 18.2 Å². The molecule has 0 aliphatic rings. The smallest absolute Gasteiger partial charge is 0.271 e. The van der Waals surface area contributed by atoms with Crippen molar-refractivity contribution in [1.82, 2.24) is 0 Å². The molecule has 0 N–H and O–H groups in total. The molecular weight excluding hydrogens is 334 g/mol. The molecule has 0 heterocycles. The summed E-state index contributed by atoms with van der Waals surface area (Å²) in [5.41, 5.74) is 1.20. The van der Waals surface area contributed by atoms with Crippen molar-refractivity contribution >= 4 is 33.2 Å². The van der Waals surface area contributed by atoms with Gasteiger partial charge in [0.25, 0.3) is 10.1 Å². The molecule has 0 aliphatic heterocycles. The molecule has 0 spiro atoms. The van der Waals surface area contributed by atoms with E-state index in [2.05, 4.69) is 22.4 Å². The van der Waals surface area contributed by atoms with E-state index < -0.39 is 10.1 Å². The van der Waals surface area contributed by atoms with Crippen molar-refractivity contribution in [1.29, 1.82) is 0 Å². The minimum absolute atomic E-state index is 0.104. The second kappa shape index (κ2) is 7.99. The zero-order valence-corrected chi connectivity index (χ0v) is 14.1. The maximum absolute atomic E-state index is 11.8. The molecule has 2 rings (SSSR count). The highest BCUT2D eigenvalue weighted by molar-refractivity contribution is 7.85. The van der Waals surface area contributed by atoms with E-state index in [4.69, 9.17) is 8.92 Å². The third-order valence-electron chi connectivity index (χ3n) is 2.84. The van der Waals surface area contributed by atoms with Gasteiger partial charge in [-0.3, -0.25) is 4.18 Å². The van der Waals surface area contributed by atoms with Crippen LogP contribution in [0.4, 0.5) is 5.69 Å². The molecule has 0 unspecified atom stereocenters. The van der Waals surface area contributed by atoms with Crippen molar-refractivity contribution in [2.45, 2.75) is 12.7 Å². The lowest BCUT2D eigenvalue weighted by Gasteiger charge is -2.11. The van der Waals surface area contributed by atoms with Gasteiger partial charge in [0.2, 0.25) is 0 Å². The molecule has 0 aliphatic carbocycles. The number of aliphatic imine (C=N–C) groups is 1. The standard InChI is InChI=1S/C16H15NO4S2/c1-2-20-23(18,19)11-13-5-3-4-6-16(13)21-15-9-7-14(8-10-15)17-12-22/h3-10H,2,11H2,1H3. The number of para-hydroxylation sites is 1. The molecule has 0 saturated heterocycles. The first-order chi connectivity index (χ1) is 11.0. The summed E-state index contributed by atoms with van der Waals surface area (Å²) in [7, 11) is -3.63. The summed E-state index contributed by atoms with van der Waals surface area (Å²) in [6.45, 7) is 1.73. The molecular formula is C16H15NO4S2. The van der Waals surface area contributed by atoms with Crippen LogP contribution in [-0.2, 0) is 20.1 Å². The van der Waals surface area contributed by atoms with Crippen LogP contribution in [0.25, 0.3) is 0 Å². The van der Waals surface area contributed by atoms with Crippen molar-refractivity contribution in [3.05, 3.63) is 54.1 Å². The molecule has 5 nitrogen and oxygen atoms in total. The largest absolute Gasteiger partial charge is 0.457 e. The lowest BCUT2D eigenvalue weighted by molar-refractivity contribution is 0.337. The summed E-state index contributed by atoms with van der Waals surface area (Å²) < 4.78 is 34.2. The van der Waals surface area contributed by atoms with Gasteiger partial charge in [-0.2, -0.15) is 13.4 Å². The molecule has 23 heavy (non-hydrogen) atoms. The van der Waals surface area contributed by atoms with Gasteiger partial charge >= 0.3 is 0 Å². The Bertz CT molecular complexity index is 810. The second-order valence-corrected chi connectivity index (χ2v) is 6.34. The number of isothiocyanates is 1. The number of ether oxygens (including phenoxy) is 1. The van der Waals surface area contributed by atoms with Gasteiger partial charge in [-0.15, -0.1) is 0 Å². The van der Waals surface area contributed by atoms with Gasteiger partial charge in [0.1, 0.15) is 17.3 Å². The number of hydrogen-bond donors (Lipinski definition) is 0. The van der Waals surface area contributed by atoms with Gasteiger partial charge in [0, 0.05) is 5.56 Å². The molecule has 0 amide bonds. The summed E-state index contributed by atoms with van der Waals surface area (Å²) in [6, 6.07) is 13.8. The maximum atomic E-state index is 11.8. The van der Waals surface area contributed by atoms with Gasteiger partial charge in [0.05, 0.1) is 17.5 Å². The fourth-order valence-electron chi connectivity index (χ4n) is 1.90. The lowest BCUT2D eigenvalue weighted by atomic mass is 10.2. The highest BCUT2D eigenvalue weighted by Gasteiger charge is 2.15. The summed E-state index contributed by atoms with van der Waals surface area (Å²) in [5, 5.41) is 2.29. The Hall–Kier alpha value is -2.05. The number of nitrogens with zero attached hydrogens (tertiary/aromatic N) is 1. The van der Waals surface area contributed by atoms with E-state index in [1.165, 1.54) is 0 Å². The van der Waals surface area contributed by atoms with Crippen LogP contribution in [0.15, 0.2) is 53.5 Å². The van der Waals surface area contributed by atoms with E-state index in [1.807, 2.05) is 0 Å². The molecule has 0 radical (unpaired) electrons. The number of rotatable bonds is 7. The van der Waals surface area contributed by atoms with E-state index >= 15 is 0 Å². The van der Waals surface area contributed by atoms with Crippen molar-refractivity contribution in [2.75, 3.05) is 6.61 Å². The molecule has 0 bridgehead atoms. The van der Waals surface area contributed by atoms with Gasteiger partial charge in [-0.05, 0) is 49.5 Å². The highest BCUT2D eigenvalue weighted by Crippen LogP contribution is 2.28. The topological polar surface area (TPSA) is 65.0 Å². The third-order valence-corrected chi connectivity index (χ3v) is 4.19. The van der Waals surface area contributed by atoms with Crippen molar-refractivity contribution < 1.29 is 17.3 Å². The number of thiocarbonyl (C=S) groups is 1. The zero-order chi connectivity index (χ0) is 16.7. The van der Waals surface area contributed by atoms with Crippen LogP contribution >= 0.6 is 12.2 Å². The summed E-state index contributed by atoms with van der Waals surface area (Å²) in [5.74, 6) is 0.779. The van der Waals surface area contributed by atoms with Crippen LogP contribution in [-0.4, -0.2) is 20.2 Å². The van der Waals surface area contributed by atoms with Crippen LogP contribution in [0, 0.1) is 0 Å². The minimum Gasteiger partial charge on any atom is -0.457 e. The van der Waals surface area contributed by atoms with Crippen molar-refractivity contribution in [3.8, 4) is 11.5 Å². The van der Waals surface area contributed by atoms with Gasteiger partial charge < -0.3 is 4.74 Å². The van der Waals surface area contributed by atoms with Crippen LogP contribution in [0.2, 0.25) is 0 Å². The summed E-state index contributed by atoms with van der Waals surface area (Å²) in [6.07, 6.45) is 0. The zero-order valence-electron chi connectivity index (χ0n) is 12.4. The Kier molecular flexibility index (Phi) is 6.01. The number of hydrogen-bond acceptors (Lipinski definition) is 6. The fourth-order valence-corrected chi connectivity index (χ4v) is 3.07. The molecule has 2 aromatic rings. The predicted molar refractivity (Wildman–Crippen MR) is 91.9 cm³/mol. The molecule has 7 heteroatoms. The Balaban J connectivity index is 2.21. The fraction of sp³-hybridized carbons (Fsp3) is 0.188.